The zero-order valence-corrected chi connectivity index (χ0v) is 13.0. The van der Waals surface area contributed by atoms with Crippen molar-refractivity contribution in [2.24, 2.45) is 11.3 Å². The molecule has 0 radical (unpaired) electrons. The van der Waals surface area contributed by atoms with E-state index in [0.29, 0.717) is 10.9 Å². The number of nitriles is 1. The van der Waals surface area contributed by atoms with Gasteiger partial charge in [0.1, 0.15) is 5.60 Å². The van der Waals surface area contributed by atoms with E-state index >= 15 is 0 Å². The first-order valence-corrected chi connectivity index (χ1v) is 7.72. The van der Waals surface area contributed by atoms with E-state index in [4.69, 9.17) is 11.6 Å². The standard InChI is InChI=1S/C17H22ClNO/c1-3-13-6-5-9-17(11-13,12-19)16(2,20)14-7-4-8-15(18)10-14/h4,7-8,10,13,20H,3,5-6,9,11H2,1-2H3. The van der Waals surface area contributed by atoms with Crippen LogP contribution in [0.3, 0.4) is 0 Å². The zero-order chi connectivity index (χ0) is 14.8. The molecule has 0 saturated heterocycles. The molecule has 0 heterocycles. The van der Waals surface area contributed by atoms with Crippen molar-refractivity contribution in [3.63, 3.8) is 0 Å². The molecule has 0 bridgehead atoms. The second-order valence-electron chi connectivity index (χ2n) is 6.15. The highest BCUT2D eigenvalue weighted by Gasteiger charge is 2.50. The van der Waals surface area contributed by atoms with Gasteiger partial charge in [0.2, 0.25) is 0 Å². The van der Waals surface area contributed by atoms with Gasteiger partial charge >= 0.3 is 0 Å². The van der Waals surface area contributed by atoms with Crippen molar-refractivity contribution >= 4 is 11.6 Å². The van der Waals surface area contributed by atoms with Crippen LogP contribution in [0.5, 0.6) is 0 Å². The minimum atomic E-state index is -1.17. The summed E-state index contributed by atoms with van der Waals surface area (Å²) in [7, 11) is 0. The molecule has 3 atom stereocenters. The molecule has 1 fully saturated rings. The van der Waals surface area contributed by atoms with Crippen molar-refractivity contribution in [2.45, 2.75) is 51.6 Å². The summed E-state index contributed by atoms with van der Waals surface area (Å²) in [6.07, 6.45) is 4.74. The predicted molar refractivity (Wildman–Crippen MR) is 81.3 cm³/mol. The van der Waals surface area contributed by atoms with Gasteiger partial charge in [0.25, 0.3) is 0 Å². The normalized spacial score (nSPS) is 29.4. The molecule has 0 aromatic heterocycles. The monoisotopic (exact) mass is 291 g/mol. The van der Waals surface area contributed by atoms with E-state index < -0.39 is 11.0 Å². The Bertz CT molecular complexity index is 520. The SMILES string of the molecule is CCC1CCCC(C#N)(C(C)(O)c2cccc(Cl)c2)C1. The Kier molecular flexibility index (Phi) is 4.42. The number of aliphatic hydroxyl groups is 1. The Morgan fingerprint density at radius 2 is 2.30 bits per heavy atom. The summed E-state index contributed by atoms with van der Waals surface area (Å²) in [6.45, 7) is 3.92. The average molecular weight is 292 g/mol. The lowest BCUT2D eigenvalue weighted by atomic mass is 9.59. The second-order valence-corrected chi connectivity index (χ2v) is 6.58. The maximum absolute atomic E-state index is 11.1. The topological polar surface area (TPSA) is 44.0 Å². The maximum atomic E-state index is 11.1. The number of benzene rings is 1. The molecule has 1 N–H and O–H groups in total. The highest BCUT2D eigenvalue weighted by molar-refractivity contribution is 6.30. The quantitative estimate of drug-likeness (QED) is 0.880. The van der Waals surface area contributed by atoms with Crippen LogP contribution in [-0.2, 0) is 5.60 Å². The molecule has 1 aromatic carbocycles. The molecule has 2 nitrogen and oxygen atoms in total. The summed E-state index contributed by atoms with van der Waals surface area (Å²) in [5, 5.41) is 21.5. The van der Waals surface area contributed by atoms with Gasteiger partial charge in [0, 0.05) is 5.02 Å². The van der Waals surface area contributed by atoms with E-state index in [1.807, 2.05) is 12.1 Å². The lowest BCUT2D eigenvalue weighted by Crippen LogP contribution is -2.45. The van der Waals surface area contributed by atoms with Crippen molar-refractivity contribution < 1.29 is 5.11 Å². The Morgan fingerprint density at radius 3 is 2.90 bits per heavy atom. The lowest BCUT2D eigenvalue weighted by molar-refractivity contribution is -0.0738. The van der Waals surface area contributed by atoms with Gasteiger partial charge in [-0.25, -0.2) is 0 Å². The van der Waals surface area contributed by atoms with Crippen LogP contribution in [0.15, 0.2) is 24.3 Å². The molecule has 20 heavy (non-hydrogen) atoms. The van der Waals surface area contributed by atoms with E-state index in [1.165, 1.54) is 0 Å². The van der Waals surface area contributed by atoms with Crippen LogP contribution >= 0.6 is 11.6 Å². The fraction of sp³-hybridized carbons (Fsp3) is 0.588. The summed E-state index contributed by atoms with van der Waals surface area (Å²) in [4.78, 5) is 0. The Balaban J connectivity index is 2.41. The number of hydrogen-bond acceptors (Lipinski definition) is 2. The van der Waals surface area contributed by atoms with E-state index in [1.54, 1.807) is 19.1 Å². The van der Waals surface area contributed by atoms with Crippen molar-refractivity contribution in [1.29, 1.82) is 5.26 Å². The fourth-order valence-corrected chi connectivity index (χ4v) is 3.65. The Morgan fingerprint density at radius 1 is 1.55 bits per heavy atom. The molecule has 0 spiro atoms. The van der Waals surface area contributed by atoms with Crippen LogP contribution in [0.4, 0.5) is 0 Å². The molecule has 108 valence electrons. The zero-order valence-electron chi connectivity index (χ0n) is 12.2. The van der Waals surface area contributed by atoms with Gasteiger partial charge in [0.05, 0.1) is 11.5 Å². The van der Waals surface area contributed by atoms with Gasteiger partial charge in [-0.15, -0.1) is 0 Å². The van der Waals surface area contributed by atoms with E-state index in [9.17, 15) is 10.4 Å². The number of halogens is 1. The molecular formula is C17H22ClNO. The summed E-state index contributed by atoms with van der Waals surface area (Å²) in [5.41, 5.74) is -1.14. The minimum absolute atomic E-state index is 0.522. The first-order chi connectivity index (χ1) is 9.45. The van der Waals surface area contributed by atoms with E-state index in [2.05, 4.69) is 13.0 Å². The fourth-order valence-electron chi connectivity index (χ4n) is 3.46. The summed E-state index contributed by atoms with van der Waals surface area (Å²) < 4.78 is 0. The summed E-state index contributed by atoms with van der Waals surface area (Å²) in [5.74, 6) is 0.522. The number of rotatable bonds is 3. The molecular weight excluding hydrogens is 270 g/mol. The van der Waals surface area contributed by atoms with Crippen LogP contribution in [0.25, 0.3) is 0 Å². The van der Waals surface area contributed by atoms with Gasteiger partial charge in [0.15, 0.2) is 0 Å². The first kappa shape index (κ1) is 15.4. The van der Waals surface area contributed by atoms with E-state index in [0.717, 1.165) is 37.7 Å². The van der Waals surface area contributed by atoms with E-state index in [-0.39, 0.29) is 0 Å². The molecule has 1 aliphatic rings. The van der Waals surface area contributed by atoms with Crippen LogP contribution in [-0.4, -0.2) is 5.11 Å². The maximum Gasteiger partial charge on any atom is 0.105 e. The average Bonchev–Trinajstić information content (AvgIpc) is 2.47. The third-order valence-corrected chi connectivity index (χ3v) is 5.20. The molecule has 3 unspecified atom stereocenters. The highest BCUT2D eigenvalue weighted by Crippen LogP contribution is 2.51. The van der Waals surface area contributed by atoms with Crippen molar-refractivity contribution in [1.82, 2.24) is 0 Å². The minimum Gasteiger partial charge on any atom is -0.384 e. The lowest BCUT2D eigenvalue weighted by Gasteiger charge is -2.45. The summed E-state index contributed by atoms with van der Waals surface area (Å²) in [6, 6.07) is 9.70. The molecule has 0 aliphatic heterocycles. The molecule has 3 heteroatoms. The van der Waals surface area contributed by atoms with Gasteiger partial charge in [-0.05, 0) is 43.4 Å². The third-order valence-electron chi connectivity index (χ3n) is 4.96. The van der Waals surface area contributed by atoms with Gasteiger partial charge in [-0.2, -0.15) is 5.26 Å². The Hall–Kier alpha value is -1.04. The Labute approximate surface area is 126 Å². The van der Waals surface area contributed by atoms with Crippen LogP contribution in [0.1, 0.15) is 51.5 Å². The third kappa shape index (κ3) is 2.57. The second kappa shape index (κ2) is 5.76. The number of nitrogens with zero attached hydrogens (tertiary/aromatic N) is 1. The molecule has 1 aliphatic carbocycles. The number of hydrogen-bond donors (Lipinski definition) is 1. The molecule has 1 saturated carbocycles. The molecule has 1 aromatic rings. The summed E-state index contributed by atoms with van der Waals surface area (Å²) >= 11 is 6.04. The van der Waals surface area contributed by atoms with Crippen LogP contribution in [0.2, 0.25) is 5.02 Å². The molecule has 2 rings (SSSR count). The smallest absolute Gasteiger partial charge is 0.105 e. The first-order valence-electron chi connectivity index (χ1n) is 7.35. The highest BCUT2D eigenvalue weighted by atomic mass is 35.5. The van der Waals surface area contributed by atoms with Crippen molar-refractivity contribution in [3.8, 4) is 6.07 Å². The van der Waals surface area contributed by atoms with Crippen LogP contribution in [0, 0.1) is 22.7 Å². The van der Waals surface area contributed by atoms with Gasteiger partial charge in [-0.3, -0.25) is 0 Å². The van der Waals surface area contributed by atoms with Gasteiger partial charge < -0.3 is 5.11 Å². The van der Waals surface area contributed by atoms with Crippen molar-refractivity contribution in [2.75, 3.05) is 0 Å². The molecule has 0 amide bonds. The largest absolute Gasteiger partial charge is 0.384 e. The predicted octanol–water partition coefficient (Wildman–Crippen LogP) is 4.66. The van der Waals surface area contributed by atoms with Gasteiger partial charge in [-0.1, -0.05) is 49.9 Å². The van der Waals surface area contributed by atoms with Crippen molar-refractivity contribution in [3.05, 3.63) is 34.9 Å². The van der Waals surface area contributed by atoms with Crippen LogP contribution < -0.4 is 0 Å².